The second kappa shape index (κ2) is 9.45. The number of amides is 1. The van der Waals surface area contributed by atoms with Crippen LogP contribution in [0.5, 0.6) is 0 Å². The van der Waals surface area contributed by atoms with Gasteiger partial charge in [-0.05, 0) is 55.3 Å². The van der Waals surface area contributed by atoms with Gasteiger partial charge in [-0.3, -0.25) is 4.79 Å². The van der Waals surface area contributed by atoms with Gasteiger partial charge in [-0.1, -0.05) is 48.0 Å². The van der Waals surface area contributed by atoms with E-state index in [-0.39, 0.29) is 11.7 Å². The SMILES string of the molecule is CCCn1c(SCC(=O)Nc2cc(Cl)ccc2C)nnc1-c1ccc(Cl)cc1. The van der Waals surface area contributed by atoms with Crippen molar-refractivity contribution in [2.75, 3.05) is 11.1 Å². The van der Waals surface area contributed by atoms with Crippen molar-refractivity contribution >= 4 is 46.6 Å². The molecule has 28 heavy (non-hydrogen) atoms. The fraction of sp³-hybridized carbons (Fsp3) is 0.250. The molecule has 0 aliphatic carbocycles. The number of thioether (sulfide) groups is 1. The summed E-state index contributed by atoms with van der Waals surface area (Å²) in [5.41, 5.74) is 2.62. The second-order valence-electron chi connectivity index (χ2n) is 6.26. The van der Waals surface area contributed by atoms with Crippen molar-refractivity contribution in [3.05, 3.63) is 58.1 Å². The molecule has 0 fully saturated rings. The molecule has 2 aromatic carbocycles. The number of aromatic nitrogens is 3. The molecule has 1 heterocycles. The standard InChI is InChI=1S/C20H20Cl2N4OS/c1-3-10-26-19(14-5-8-15(21)9-6-14)24-25-20(26)28-12-18(27)23-17-11-16(22)7-4-13(17)2/h4-9,11H,3,10,12H2,1-2H3,(H,23,27). The van der Waals surface area contributed by atoms with Crippen LogP contribution in [0.2, 0.25) is 10.0 Å². The van der Waals surface area contributed by atoms with Gasteiger partial charge in [0.25, 0.3) is 0 Å². The molecule has 0 unspecified atom stereocenters. The van der Waals surface area contributed by atoms with Gasteiger partial charge in [0.1, 0.15) is 0 Å². The van der Waals surface area contributed by atoms with E-state index in [1.807, 2.05) is 41.8 Å². The molecular weight excluding hydrogens is 415 g/mol. The van der Waals surface area contributed by atoms with Crippen LogP contribution in [0.3, 0.4) is 0 Å². The molecule has 0 aliphatic heterocycles. The highest BCUT2D eigenvalue weighted by Gasteiger charge is 2.15. The van der Waals surface area contributed by atoms with Gasteiger partial charge in [-0.25, -0.2) is 0 Å². The van der Waals surface area contributed by atoms with Crippen LogP contribution in [0.25, 0.3) is 11.4 Å². The van der Waals surface area contributed by atoms with E-state index in [1.165, 1.54) is 11.8 Å². The van der Waals surface area contributed by atoms with Crippen LogP contribution < -0.4 is 5.32 Å². The number of aryl methyl sites for hydroxylation is 1. The first-order chi connectivity index (χ1) is 13.5. The van der Waals surface area contributed by atoms with E-state index in [4.69, 9.17) is 23.2 Å². The van der Waals surface area contributed by atoms with E-state index >= 15 is 0 Å². The van der Waals surface area contributed by atoms with Gasteiger partial charge in [0.15, 0.2) is 11.0 Å². The first-order valence-electron chi connectivity index (χ1n) is 8.86. The minimum Gasteiger partial charge on any atom is -0.325 e. The number of carbonyl (C=O) groups excluding carboxylic acids is 1. The summed E-state index contributed by atoms with van der Waals surface area (Å²) in [7, 11) is 0. The minimum absolute atomic E-state index is 0.116. The van der Waals surface area contributed by atoms with Crippen molar-refractivity contribution in [3.63, 3.8) is 0 Å². The second-order valence-corrected chi connectivity index (χ2v) is 8.08. The Morgan fingerprint density at radius 1 is 1.11 bits per heavy atom. The average molecular weight is 435 g/mol. The number of hydrogen-bond donors (Lipinski definition) is 1. The number of anilines is 1. The molecule has 5 nitrogen and oxygen atoms in total. The van der Waals surface area contributed by atoms with E-state index in [0.717, 1.165) is 35.6 Å². The number of hydrogen-bond acceptors (Lipinski definition) is 4. The normalized spacial score (nSPS) is 10.9. The molecule has 0 atom stereocenters. The Morgan fingerprint density at radius 3 is 2.54 bits per heavy atom. The zero-order valence-corrected chi connectivity index (χ0v) is 17.9. The summed E-state index contributed by atoms with van der Waals surface area (Å²) < 4.78 is 2.03. The van der Waals surface area contributed by atoms with Crippen molar-refractivity contribution in [3.8, 4) is 11.4 Å². The number of rotatable bonds is 7. The van der Waals surface area contributed by atoms with E-state index in [2.05, 4.69) is 22.4 Å². The van der Waals surface area contributed by atoms with E-state index < -0.39 is 0 Å². The van der Waals surface area contributed by atoms with Crippen LogP contribution in [0.1, 0.15) is 18.9 Å². The summed E-state index contributed by atoms with van der Waals surface area (Å²) in [4.78, 5) is 12.4. The third-order valence-electron chi connectivity index (χ3n) is 4.07. The maximum atomic E-state index is 12.4. The molecule has 0 radical (unpaired) electrons. The van der Waals surface area contributed by atoms with Crippen LogP contribution >= 0.6 is 35.0 Å². The van der Waals surface area contributed by atoms with Gasteiger partial charge >= 0.3 is 0 Å². The maximum Gasteiger partial charge on any atom is 0.234 e. The monoisotopic (exact) mass is 434 g/mol. The molecule has 0 aliphatic rings. The van der Waals surface area contributed by atoms with E-state index in [0.29, 0.717) is 15.2 Å². The van der Waals surface area contributed by atoms with Crippen LogP contribution in [-0.2, 0) is 11.3 Å². The van der Waals surface area contributed by atoms with Gasteiger partial charge in [-0.2, -0.15) is 0 Å². The van der Waals surface area contributed by atoms with Crippen LogP contribution in [0.4, 0.5) is 5.69 Å². The van der Waals surface area contributed by atoms with E-state index in [1.54, 1.807) is 12.1 Å². The lowest BCUT2D eigenvalue weighted by molar-refractivity contribution is -0.113. The third kappa shape index (κ3) is 5.07. The summed E-state index contributed by atoms with van der Waals surface area (Å²) >= 11 is 13.4. The molecule has 0 saturated heterocycles. The lowest BCUT2D eigenvalue weighted by atomic mass is 10.2. The quantitative estimate of drug-likeness (QED) is 0.484. The minimum atomic E-state index is -0.116. The molecule has 1 aromatic heterocycles. The lowest BCUT2D eigenvalue weighted by Crippen LogP contribution is -2.15. The van der Waals surface area contributed by atoms with Crippen LogP contribution in [0, 0.1) is 6.92 Å². The molecule has 0 spiro atoms. The molecule has 0 saturated carbocycles. The Morgan fingerprint density at radius 2 is 1.82 bits per heavy atom. The molecule has 3 aromatic rings. The largest absolute Gasteiger partial charge is 0.325 e. The smallest absolute Gasteiger partial charge is 0.234 e. The Kier molecular flexibility index (Phi) is 6.99. The zero-order valence-electron chi connectivity index (χ0n) is 15.6. The molecular formula is C20H20Cl2N4OS. The maximum absolute atomic E-state index is 12.4. The molecule has 1 amide bonds. The summed E-state index contributed by atoms with van der Waals surface area (Å²) in [6.45, 7) is 4.78. The fourth-order valence-electron chi connectivity index (χ4n) is 2.68. The summed E-state index contributed by atoms with van der Waals surface area (Å²) in [5, 5.41) is 13.5. The molecule has 8 heteroatoms. The van der Waals surface area contributed by atoms with Gasteiger partial charge in [0, 0.05) is 27.8 Å². The van der Waals surface area contributed by atoms with Crippen molar-refractivity contribution in [2.45, 2.75) is 32.0 Å². The highest BCUT2D eigenvalue weighted by atomic mass is 35.5. The number of benzene rings is 2. The fourth-order valence-corrected chi connectivity index (χ4v) is 3.74. The lowest BCUT2D eigenvalue weighted by Gasteiger charge is -2.10. The van der Waals surface area contributed by atoms with Gasteiger partial charge in [0.05, 0.1) is 5.75 Å². The van der Waals surface area contributed by atoms with Gasteiger partial charge in [-0.15, -0.1) is 10.2 Å². The molecule has 1 N–H and O–H groups in total. The van der Waals surface area contributed by atoms with Crippen molar-refractivity contribution in [2.24, 2.45) is 0 Å². The Bertz CT molecular complexity index is 973. The number of carbonyl (C=O) groups is 1. The first-order valence-corrected chi connectivity index (χ1v) is 10.6. The number of halogens is 2. The summed E-state index contributed by atoms with van der Waals surface area (Å²) in [6.07, 6.45) is 0.931. The van der Waals surface area contributed by atoms with Crippen LogP contribution in [-0.4, -0.2) is 26.4 Å². The molecule has 3 rings (SSSR count). The van der Waals surface area contributed by atoms with Crippen LogP contribution in [0.15, 0.2) is 47.6 Å². The summed E-state index contributed by atoms with van der Waals surface area (Å²) in [5.74, 6) is 0.885. The predicted octanol–water partition coefficient (Wildman–Crippen LogP) is 5.70. The number of nitrogens with zero attached hydrogens (tertiary/aromatic N) is 3. The molecule has 146 valence electrons. The Balaban J connectivity index is 1.72. The number of nitrogens with one attached hydrogen (secondary N) is 1. The Labute approximate surface area is 178 Å². The average Bonchev–Trinajstić information content (AvgIpc) is 3.07. The molecule has 0 bridgehead atoms. The predicted molar refractivity (Wildman–Crippen MR) is 116 cm³/mol. The Hall–Kier alpha value is -2.02. The van der Waals surface area contributed by atoms with Crippen molar-refractivity contribution in [1.29, 1.82) is 0 Å². The van der Waals surface area contributed by atoms with Gasteiger partial charge < -0.3 is 9.88 Å². The third-order valence-corrected chi connectivity index (χ3v) is 5.53. The zero-order chi connectivity index (χ0) is 20.1. The van der Waals surface area contributed by atoms with Crippen molar-refractivity contribution < 1.29 is 4.79 Å². The highest BCUT2D eigenvalue weighted by molar-refractivity contribution is 7.99. The highest BCUT2D eigenvalue weighted by Crippen LogP contribution is 2.26. The summed E-state index contributed by atoms with van der Waals surface area (Å²) in [6, 6.07) is 12.9. The van der Waals surface area contributed by atoms with Gasteiger partial charge in [0.2, 0.25) is 5.91 Å². The first kappa shape index (κ1) is 20.7. The topological polar surface area (TPSA) is 59.8 Å². The van der Waals surface area contributed by atoms with E-state index in [9.17, 15) is 4.79 Å². The van der Waals surface area contributed by atoms with Crippen molar-refractivity contribution in [1.82, 2.24) is 14.8 Å².